The first-order valence-electron chi connectivity index (χ1n) is 11.0. The highest BCUT2D eigenvalue weighted by atomic mass is 32.1. The first-order chi connectivity index (χ1) is 16.0. The number of fused-ring (bicyclic) bond motifs is 5. The summed E-state index contributed by atoms with van der Waals surface area (Å²) >= 11 is 1.59. The fourth-order valence-corrected chi connectivity index (χ4v) is 5.32. The van der Waals surface area contributed by atoms with Gasteiger partial charge in [-0.05, 0) is 24.1 Å². The minimum absolute atomic E-state index is 0.134. The number of hydrogen-bond donors (Lipinski definition) is 1. The van der Waals surface area contributed by atoms with Crippen LogP contribution in [0.2, 0.25) is 0 Å². The van der Waals surface area contributed by atoms with Gasteiger partial charge in [0.15, 0.2) is 0 Å². The molecule has 2 aromatic carbocycles. The van der Waals surface area contributed by atoms with Crippen LogP contribution in [0.1, 0.15) is 62.9 Å². The number of carbonyl (C=O) groups excluding carboxylic acids is 3. The van der Waals surface area contributed by atoms with Gasteiger partial charge in [-0.1, -0.05) is 44.2 Å². The smallest absolute Gasteiger partial charge is 0.260 e. The lowest BCUT2D eigenvalue weighted by molar-refractivity contribution is -0.122. The molecule has 2 aliphatic heterocycles. The van der Waals surface area contributed by atoms with Crippen LogP contribution in [0.4, 0.5) is 5.69 Å². The molecule has 8 heteroatoms. The number of rotatable bonds is 6. The maximum Gasteiger partial charge on any atom is 0.260 e. The molecule has 3 aromatic rings. The maximum atomic E-state index is 13.4. The Morgan fingerprint density at radius 1 is 1.06 bits per heavy atom. The zero-order chi connectivity index (χ0) is 23.1. The SMILES string of the molecule is CC(C)c1csc(CCNC(=O)CN2C(=O)c3ccccc3N3C(=O)c4ccccc4C23)n1. The van der Waals surface area contributed by atoms with Gasteiger partial charge >= 0.3 is 0 Å². The van der Waals surface area contributed by atoms with E-state index >= 15 is 0 Å². The molecular formula is C25H24N4O3S. The summed E-state index contributed by atoms with van der Waals surface area (Å²) in [5.74, 6) is -0.309. The standard InChI is InChI=1S/C25H24N4O3S/c1-15(2)19-14-33-22(27-19)11-12-26-21(30)13-28-23-16-7-3-4-8-17(16)25(32)29(23)20-10-6-5-9-18(20)24(28)31/h3-10,14-15,23H,11-13H2,1-2H3,(H,26,30). The lowest BCUT2D eigenvalue weighted by Crippen LogP contribution is -2.51. The molecule has 1 atom stereocenters. The summed E-state index contributed by atoms with van der Waals surface area (Å²) in [6.45, 7) is 4.50. The third kappa shape index (κ3) is 3.70. The van der Waals surface area contributed by atoms with E-state index in [0.29, 0.717) is 35.7 Å². The highest BCUT2D eigenvalue weighted by molar-refractivity contribution is 7.09. The number of hydrogen-bond acceptors (Lipinski definition) is 5. The van der Waals surface area contributed by atoms with Gasteiger partial charge in [0.2, 0.25) is 5.91 Å². The molecule has 3 amide bonds. The van der Waals surface area contributed by atoms with Crippen LogP contribution in [0.15, 0.2) is 53.9 Å². The molecule has 0 radical (unpaired) electrons. The monoisotopic (exact) mass is 460 g/mol. The van der Waals surface area contributed by atoms with Crippen LogP contribution < -0.4 is 10.2 Å². The molecule has 0 saturated carbocycles. The van der Waals surface area contributed by atoms with E-state index in [2.05, 4.69) is 29.5 Å². The molecule has 0 saturated heterocycles. The maximum absolute atomic E-state index is 13.4. The summed E-state index contributed by atoms with van der Waals surface area (Å²) in [7, 11) is 0. The quantitative estimate of drug-likeness (QED) is 0.608. The number of benzene rings is 2. The number of para-hydroxylation sites is 1. The first kappa shape index (κ1) is 21.3. The Hall–Kier alpha value is -3.52. The topological polar surface area (TPSA) is 82.6 Å². The Labute approximate surface area is 196 Å². The Morgan fingerprint density at radius 2 is 1.79 bits per heavy atom. The molecule has 0 fully saturated rings. The van der Waals surface area contributed by atoms with Gasteiger partial charge in [0.05, 0.1) is 22.0 Å². The Bertz CT molecular complexity index is 1250. The van der Waals surface area contributed by atoms with Crippen LogP contribution in [0.5, 0.6) is 0 Å². The van der Waals surface area contributed by atoms with E-state index in [-0.39, 0.29) is 24.3 Å². The van der Waals surface area contributed by atoms with Gasteiger partial charge in [0.25, 0.3) is 11.8 Å². The van der Waals surface area contributed by atoms with Crippen LogP contribution in [0, 0.1) is 0 Å². The number of carbonyl (C=O) groups is 3. The summed E-state index contributed by atoms with van der Waals surface area (Å²) in [6.07, 6.45) is 0.00552. The molecule has 0 aliphatic carbocycles. The molecule has 168 valence electrons. The van der Waals surface area contributed by atoms with Crippen molar-refractivity contribution in [2.24, 2.45) is 0 Å². The Morgan fingerprint density at radius 3 is 2.55 bits per heavy atom. The van der Waals surface area contributed by atoms with Crippen LogP contribution >= 0.6 is 11.3 Å². The summed E-state index contributed by atoms with van der Waals surface area (Å²) in [5, 5.41) is 5.93. The molecule has 2 aliphatic rings. The molecule has 1 aromatic heterocycles. The van der Waals surface area contributed by atoms with E-state index in [0.717, 1.165) is 16.3 Å². The molecule has 1 unspecified atom stereocenters. The Kier molecular flexibility index (Phi) is 5.46. The predicted octanol–water partition coefficient (Wildman–Crippen LogP) is 3.74. The average Bonchev–Trinajstić information content (AvgIpc) is 3.40. The second-order valence-electron chi connectivity index (χ2n) is 8.51. The largest absolute Gasteiger partial charge is 0.354 e. The highest BCUT2D eigenvalue weighted by Gasteiger charge is 2.47. The number of amides is 3. The van der Waals surface area contributed by atoms with E-state index in [4.69, 9.17) is 0 Å². The van der Waals surface area contributed by atoms with Crippen LogP contribution in [0.25, 0.3) is 0 Å². The lowest BCUT2D eigenvalue weighted by atomic mass is 10.0. The fourth-order valence-electron chi connectivity index (χ4n) is 4.36. The van der Waals surface area contributed by atoms with Gasteiger partial charge in [-0.2, -0.15) is 0 Å². The molecule has 33 heavy (non-hydrogen) atoms. The molecule has 3 heterocycles. The number of nitrogens with zero attached hydrogens (tertiary/aromatic N) is 3. The van der Waals surface area contributed by atoms with Gasteiger partial charge in [-0.25, -0.2) is 4.98 Å². The predicted molar refractivity (Wildman–Crippen MR) is 126 cm³/mol. The first-order valence-corrected chi connectivity index (χ1v) is 11.9. The third-order valence-electron chi connectivity index (χ3n) is 6.02. The number of anilines is 1. The lowest BCUT2D eigenvalue weighted by Gasteiger charge is -2.40. The zero-order valence-corrected chi connectivity index (χ0v) is 19.3. The summed E-state index contributed by atoms with van der Waals surface area (Å²) in [5.41, 5.74) is 3.36. The van der Waals surface area contributed by atoms with Crippen molar-refractivity contribution >= 4 is 34.7 Å². The molecular weight excluding hydrogens is 436 g/mol. The van der Waals surface area contributed by atoms with Crippen LogP contribution in [-0.2, 0) is 11.2 Å². The number of thiazole rings is 1. The summed E-state index contributed by atoms with van der Waals surface area (Å²) < 4.78 is 0. The van der Waals surface area contributed by atoms with Gasteiger partial charge in [0, 0.05) is 29.5 Å². The van der Waals surface area contributed by atoms with E-state index < -0.39 is 6.17 Å². The van der Waals surface area contributed by atoms with Crippen molar-refractivity contribution in [3.63, 3.8) is 0 Å². The van der Waals surface area contributed by atoms with Crippen LogP contribution in [0.3, 0.4) is 0 Å². The molecule has 5 rings (SSSR count). The van der Waals surface area contributed by atoms with Gasteiger partial charge in [0.1, 0.15) is 12.7 Å². The van der Waals surface area contributed by atoms with Crippen molar-refractivity contribution in [2.45, 2.75) is 32.4 Å². The van der Waals surface area contributed by atoms with Crippen molar-refractivity contribution in [1.29, 1.82) is 0 Å². The molecule has 0 spiro atoms. The van der Waals surface area contributed by atoms with Crippen molar-refractivity contribution < 1.29 is 14.4 Å². The van der Waals surface area contributed by atoms with Crippen molar-refractivity contribution in [3.05, 3.63) is 81.3 Å². The van der Waals surface area contributed by atoms with E-state index in [1.807, 2.05) is 24.3 Å². The minimum atomic E-state index is -0.630. The molecule has 1 N–H and O–H groups in total. The van der Waals surface area contributed by atoms with Crippen molar-refractivity contribution in [3.8, 4) is 0 Å². The van der Waals surface area contributed by atoms with E-state index in [1.54, 1.807) is 40.5 Å². The van der Waals surface area contributed by atoms with E-state index in [9.17, 15) is 14.4 Å². The zero-order valence-electron chi connectivity index (χ0n) is 18.4. The highest BCUT2D eigenvalue weighted by Crippen LogP contribution is 2.44. The van der Waals surface area contributed by atoms with Crippen LogP contribution in [-0.4, -0.2) is 40.7 Å². The normalized spacial score (nSPS) is 16.6. The van der Waals surface area contributed by atoms with Gasteiger partial charge in [-0.3, -0.25) is 19.3 Å². The number of nitrogens with one attached hydrogen (secondary N) is 1. The van der Waals surface area contributed by atoms with Gasteiger partial charge in [-0.15, -0.1) is 11.3 Å². The minimum Gasteiger partial charge on any atom is -0.354 e. The van der Waals surface area contributed by atoms with Crippen molar-refractivity contribution in [2.75, 3.05) is 18.0 Å². The Balaban J connectivity index is 1.35. The molecule has 7 nitrogen and oxygen atoms in total. The third-order valence-corrected chi connectivity index (χ3v) is 6.95. The second kappa shape index (κ2) is 8.44. The van der Waals surface area contributed by atoms with E-state index in [1.165, 1.54) is 4.90 Å². The molecule has 0 bridgehead atoms. The average molecular weight is 461 g/mol. The fraction of sp³-hybridized carbons (Fsp3) is 0.280. The second-order valence-corrected chi connectivity index (χ2v) is 9.45. The summed E-state index contributed by atoms with van der Waals surface area (Å²) in [4.78, 5) is 47.1. The van der Waals surface area contributed by atoms with Gasteiger partial charge < -0.3 is 10.2 Å². The summed E-state index contributed by atoms with van der Waals surface area (Å²) in [6, 6.07) is 14.3. The number of aromatic nitrogens is 1. The van der Waals surface area contributed by atoms with Crippen molar-refractivity contribution in [1.82, 2.24) is 15.2 Å².